The topological polar surface area (TPSA) is 102 Å². The molecule has 0 saturated carbocycles. The van der Waals surface area contributed by atoms with Crippen molar-refractivity contribution in [3.63, 3.8) is 0 Å². The molecule has 1 atom stereocenters. The minimum absolute atomic E-state index is 0.189. The number of nitrogens with one attached hydrogen (secondary N) is 2. The van der Waals surface area contributed by atoms with Crippen LogP contribution in [0.1, 0.15) is 30.7 Å². The van der Waals surface area contributed by atoms with E-state index < -0.39 is 18.0 Å². The summed E-state index contributed by atoms with van der Waals surface area (Å²) in [6.45, 7) is 5.18. The Kier molecular flexibility index (Phi) is 8.21. The largest absolute Gasteiger partial charge is 0.449 e. The van der Waals surface area contributed by atoms with Crippen LogP contribution in [0.15, 0.2) is 60.7 Å². The van der Waals surface area contributed by atoms with Gasteiger partial charge in [0, 0.05) is 29.9 Å². The van der Waals surface area contributed by atoms with E-state index in [1.807, 2.05) is 30.3 Å². The van der Waals surface area contributed by atoms with Gasteiger partial charge in [-0.3, -0.25) is 9.59 Å². The second kappa shape index (κ2) is 11.3. The molecule has 3 rings (SSSR count). The highest BCUT2D eigenvalue weighted by Gasteiger charge is 2.17. The Hall–Kier alpha value is -3.91. The van der Waals surface area contributed by atoms with Gasteiger partial charge in [0.05, 0.1) is 12.2 Å². The molecule has 0 aliphatic carbocycles. The van der Waals surface area contributed by atoms with Crippen molar-refractivity contribution in [1.82, 2.24) is 9.78 Å². The average molecular weight is 481 g/mol. The van der Waals surface area contributed by atoms with Gasteiger partial charge in [-0.1, -0.05) is 41.9 Å². The second-order valence-electron chi connectivity index (χ2n) is 7.59. The number of aromatic nitrogens is 2. The summed E-state index contributed by atoms with van der Waals surface area (Å²) in [5, 5.41) is 10.1. The molecule has 2 aromatic carbocycles. The van der Waals surface area contributed by atoms with Crippen molar-refractivity contribution in [1.29, 1.82) is 0 Å². The molecule has 0 aliphatic heterocycles. The van der Waals surface area contributed by atoms with E-state index >= 15 is 0 Å². The molecule has 2 N–H and O–H groups in total. The lowest BCUT2D eigenvalue weighted by Gasteiger charge is -2.12. The lowest BCUT2D eigenvalue weighted by Crippen LogP contribution is -2.29. The molecule has 1 unspecified atom stereocenters. The lowest BCUT2D eigenvalue weighted by atomic mass is 10.2. The van der Waals surface area contributed by atoms with Crippen molar-refractivity contribution < 1.29 is 19.1 Å². The summed E-state index contributed by atoms with van der Waals surface area (Å²) in [4.78, 5) is 35.7. The molecule has 0 spiro atoms. The van der Waals surface area contributed by atoms with Crippen LogP contribution >= 0.6 is 11.6 Å². The molecule has 8 nitrogen and oxygen atoms in total. The van der Waals surface area contributed by atoms with Crippen molar-refractivity contribution in [2.75, 3.05) is 10.6 Å². The summed E-state index contributed by atoms with van der Waals surface area (Å²) < 4.78 is 6.86. The van der Waals surface area contributed by atoms with Gasteiger partial charge in [-0.2, -0.15) is 5.10 Å². The van der Waals surface area contributed by atoms with Gasteiger partial charge >= 0.3 is 5.97 Å². The smallest absolute Gasteiger partial charge is 0.331 e. The zero-order valence-corrected chi connectivity index (χ0v) is 19.8. The predicted octanol–water partition coefficient (Wildman–Crippen LogP) is 4.44. The third-order valence-corrected chi connectivity index (χ3v) is 5.20. The zero-order valence-electron chi connectivity index (χ0n) is 19.0. The molecule has 0 fully saturated rings. The Bertz CT molecular complexity index is 1200. The Labute approximate surface area is 202 Å². The number of benzene rings is 2. The van der Waals surface area contributed by atoms with E-state index in [-0.39, 0.29) is 5.91 Å². The fraction of sp³-hybridized carbons (Fsp3) is 0.200. The first-order chi connectivity index (χ1) is 16.2. The maximum absolute atomic E-state index is 12.4. The molecule has 1 heterocycles. The van der Waals surface area contributed by atoms with Crippen LogP contribution in [0.4, 0.5) is 11.4 Å². The number of ether oxygens (including phenoxy) is 1. The minimum Gasteiger partial charge on any atom is -0.449 e. The molecule has 2 amide bonds. The monoisotopic (exact) mass is 480 g/mol. The molecule has 0 saturated heterocycles. The number of hydrogen-bond acceptors (Lipinski definition) is 5. The number of carbonyl (C=O) groups excluding carboxylic acids is 3. The molecule has 3 aromatic rings. The van der Waals surface area contributed by atoms with Gasteiger partial charge < -0.3 is 15.4 Å². The lowest BCUT2D eigenvalue weighted by molar-refractivity contribution is -0.148. The highest BCUT2D eigenvalue weighted by molar-refractivity contribution is 6.31. The van der Waals surface area contributed by atoms with Crippen molar-refractivity contribution >= 4 is 46.8 Å². The van der Waals surface area contributed by atoms with Gasteiger partial charge in [0.2, 0.25) is 5.91 Å². The average Bonchev–Trinajstić information content (AvgIpc) is 3.06. The van der Waals surface area contributed by atoms with E-state index in [9.17, 15) is 14.4 Å². The first-order valence-corrected chi connectivity index (χ1v) is 10.9. The van der Waals surface area contributed by atoms with Crippen LogP contribution in [0.3, 0.4) is 0 Å². The number of nitrogens with zero attached hydrogens (tertiary/aromatic N) is 2. The third kappa shape index (κ3) is 6.79. The van der Waals surface area contributed by atoms with Crippen LogP contribution in [-0.2, 0) is 25.7 Å². The maximum atomic E-state index is 12.4. The van der Waals surface area contributed by atoms with E-state index in [4.69, 9.17) is 16.3 Å². The molecule has 1 aromatic heterocycles. The highest BCUT2D eigenvalue weighted by atomic mass is 35.5. The number of hydrogen-bond donors (Lipinski definition) is 2. The number of aryl methyl sites for hydroxylation is 1. The Morgan fingerprint density at radius 1 is 1.06 bits per heavy atom. The van der Waals surface area contributed by atoms with Crippen LogP contribution in [0.25, 0.3) is 6.08 Å². The van der Waals surface area contributed by atoms with Crippen LogP contribution in [0, 0.1) is 6.92 Å². The number of rotatable bonds is 8. The normalized spacial score (nSPS) is 11.8. The predicted molar refractivity (Wildman–Crippen MR) is 131 cm³/mol. The highest BCUT2D eigenvalue weighted by Crippen LogP contribution is 2.22. The second-order valence-corrected chi connectivity index (χ2v) is 7.95. The van der Waals surface area contributed by atoms with E-state index in [2.05, 4.69) is 15.7 Å². The SMILES string of the molecule is CC(=O)Nc1ccc(NC(=O)C(C)OC(=O)/C=C/c2c(C)nn(Cc3ccccc3)c2Cl)cc1. The summed E-state index contributed by atoms with van der Waals surface area (Å²) >= 11 is 6.46. The van der Waals surface area contributed by atoms with Gasteiger partial charge in [-0.05, 0) is 49.8 Å². The molecular weight excluding hydrogens is 456 g/mol. The van der Waals surface area contributed by atoms with E-state index in [0.29, 0.717) is 34.3 Å². The number of halogens is 1. The maximum Gasteiger partial charge on any atom is 0.331 e. The molecule has 34 heavy (non-hydrogen) atoms. The molecule has 0 bridgehead atoms. The zero-order chi connectivity index (χ0) is 24.7. The van der Waals surface area contributed by atoms with E-state index in [0.717, 1.165) is 5.56 Å². The molecule has 0 radical (unpaired) electrons. The Morgan fingerprint density at radius 3 is 2.29 bits per heavy atom. The van der Waals surface area contributed by atoms with Crippen LogP contribution in [0.5, 0.6) is 0 Å². The summed E-state index contributed by atoms with van der Waals surface area (Å²) in [5.41, 5.74) is 3.43. The molecule has 0 aliphatic rings. The summed E-state index contributed by atoms with van der Waals surface area (Å²) in [6.07, 6.45) is 1.72. The number of esters is 1. The standard InChI is InChI=1S/C25H25ClN4O4/c1-16-22(24(26)30(29-16)15-19-7-5-4-6-8-19)13-14-23(32)34-17(2)25(33)28-21-11-9-20(10-12-21)27-18(3)31/h4-14,17H,15H2,1-3H3,(H,27,31)(H,28,33)/b14-13+. The quantitative estimate of drug-likeness (QED) is 0.366. The van der Waals surface area contributed by atoms with Crippen LogP contribution in [0.2, 0.25) is 5.15 Å². The van der Waals surface area contributed by atoms with Crippen LogP contribution < -0.4 is 10.6 Å². The van der Waals surface area contributed by atoms with Crippen molar-refractivity contribution in [3.05, 3.63) is 82.6 Å². The summed E-state index contributed by atoms with van der Waals surface area (Å²) in [7, 11) is 0. The van der Waals surface area contributed by atoms with Crippen LogP contribution in [-0.4, -0.2) is 33.7 Å². The van der Waals surface area contributed by atoms with Crippen molar-refractivity contribution in [2.45, 2.75) is 33.4 Å². The van der Waals surface area contributed by atoms with Crippen molar-refractivity contribution in [3.8, 4) is 0 Å². The fourth-order valence-electron chi connectivity index (χ4n) is 3.12. The van der Waals surface area contributed by atoms with Gasteiger partial charge in [-0.15, -0.1) is 0 Å². The van der Waals surface area contributed by atoms with Gasteiger partial charge in [0.15, 0.2) is 6.10 Å². The Morgan fingerprint density at radius 2 is 1.68 bits per heavy atom. The molecular formula is C25H25ClN4O4. The summed E-state index contributed by atoms with van der Waals surface area (Å²) in [6, 6.07) is 16.3. The first-order valence-electron chi connectivity index (χ1n) is 10.6. The minimum atomic E-state index is -1.02. The summed E-state index contributed by atoms with van der Waals surface area (Å²) in [5.74, 6) is -1.36. The fourth-order valence-corrected chi connectivity index (χ4v) is 3.42. The van der Waals surface area contributed by atoms with Gasteiger partial charge in [-0.25, -0.2) is 9.48 Å². The number of anilines is 2. The molecule has 9 heteroatoms. The van der Waals surface area contributed by atoms with Gasteiger partial charge in [0.1, 0.15) is 5.15 Å². The Balaban J connectivity index is 1.57. The first kappa shape index (κ1) is 24.7. The van der Waals surface area contributed by atoms with E-state index in [1.165, 1.54) is 26.0 Å². The van der Waals surface area contributed by atoms with Gasteiger partial charge in [0.25, 0.3) is 5.91 Å². The van der Waals surface area contributed by atoms with Crippen molar-refractivity contribution in [2.24, 2.45) is 0 Å². The number of amides is 2. The molecule has 176 valence electrons. The third-order valence-electron chi connectivity index (χ3n) is 4.81. The number of carbonyl (C=O) groups is 3. The van der Waals surface area contributed by atoms with E-state index in [1.54, 1.807) is 35.9 Å².